The molecule has 0 saturated carbocycles. The van der Waals surface area contributed by atoms with Gasteiger partial charge in [-0.2, -0.15) is 5.10 Å². The minimum Gasteiger partial charge on any atom is -0.469 e. The van der Waals surface area contributed by atoms with E-state index in [0.717, 1.165) is 33.9 Å². The average molecular weight is 283 g/mol. The zero-order chi connectivity index (χ0) is 14.4. The maximum Gasteiger partial charge on any atom is 0.231 e. The van der Waals surface area contributed by atoms with Crippen LogP contribution in [0, 0.1) is 6.92 Å². The van der Waals surface area contributed by atoms with Crippen molar-refractivity contribution in [2.75, 3.05) is 12.5 Å². The Bertz CT molecular complexity index is 819. The van der Waals surface area contributed by atoms with Gasteiger partial charge in [0.25, 0.3) is 0 Å². The number of nitrogens with one attached hydrogen (secondary N) is 1. The van der Waals surface area contributed by atoms with Crippen molar-refractivity contribution in [1.29, 1.82) is 0 Å². The fourth-order valence-corrected chi connectivity index (χ4v) is 2.54. The first-order chi connectivity index (χ1) is 10.2. The van der Waals surface area contributed by atoms with Crippen LogP contribution in [-0.4, -0.2) is 17.0 Å². The lowest BCUT2D eigenvalue weighted by molar-refractivity contribution is 0.174. The van der Waals surface area contributed by atoms with Gasteiger partial charge < -0.3 is 19.6 Å². The number of nitrogen functional groups attached to an aromatic ring is 1. The molecule has 0 atom stereocenters. The normalized spacial score (nSPS) is 12.8. The summed E-state index contributed by atoms with van der Waals surface area (Å²) >= 11 is 0. The van der Waals surface area contributed by atoms with Crippen LogP contribution in [0.1, 0.15) is 5.76 Å². The third-order valence-electron chi connectivity index (χ3n) is 3.58. The number of aryl methyl sites for hydroxylation is 1. The zero-order valence-electron chi connectivity index (χ0n) is 11.3. The second kappa shape index (κ2) is 4.31. The smallest absolute Gasteiger partial charge is 0.231 e. The maximum absolute atomic E-state index is 6.03. The molecule has 1 aliphatic rings. The van der Waals surface area contributed by atoms with Crippen molar-refractivity contribution in [3.8, 4) is 33.9 Å². The van der Waals surface area contributed by atoms with Gasteiger partial charge in [-0.1, -0.05) is 6.07 Å². The molecule has 1 aromatic carbocycles. The van der Waals surface area contributed by atoms with Crippen LogP contribution in [0.3, 0.4) is 0 Å². The molecular formula is C15H13N3O3. The van der Waals surface area contributed by atoms with Crippen molar-refractivity contribution in [3.63, 3.8) is 0 Å². The lowest BCUT2D eigenvalue weighted by Gasteiger charge is -2.05. The van der Waals surface area contributed by atoms with E-state index in [1.807, 2.05) is 31.2 Å². The number of H-pyrrole nitrogens is 1. The molecule has 4 rings (SSSR count). The first-order valence-electron chi connectivity index (χ1n) is 6.52. The molecule has 21 heavy (non-hydrogen) atoms. The molecule has 3 heterocycles. The fraction of sp³-hybridized carbons (Fsp3) is 0.133. The van der Waals surface area contributed by atoms with Gasteiger partial charge in [0.2, 0.25) is 6.79 Å². The molecule has 0 saturated heterocycles. The molecule has 2 aromatic heterocycles. The Morgan fingerprint density at radius 3 is 2.86 bits per heavy atom. The monoisotopic (exact) mass is 283 g/mol. The minimum absolute atomic E-state index is 0.243. The van der Waals surface area contributed by atoms with Gasteiger partial charge in [0.1, 0.15) is 5.76 Å². The summed E-state index contributed by atoms with van der Waals surface area (Å²) in [4.78, 5) is 0. The third-order valence-corrected chi connectivity index (χ3v) is 3.58. The van der Waals surface area contributed by atoms with Gasteiger partial charge in [0, 0.05) is 5.56 Å². The lowest BCUT2D eigenvalue weighted by atomic mass is 10.0. The van der Waals surface area contributed by atoms with E-state index in [1.54, 1.807) is 6.26 Å². The highest BCUT2D eigenvalue weighted by atomic mass is 16.7. The van der Waals surface area contributed by atoms with Crippen LogP contribution in [0.5, 0.6) is 11.5 Å². The summed E-state index contributed by atoms with van der Waals surface area (Å²) in [6.45, 7) is 2.14. The summed E-state index contributed by atoms with van der Waals surface area (Å²) in [5.41, 5.74) is 9.55. The highest BCUT2D eigenvalue weighted by Crippen LogP contribution is 2.41. The summed E-state index contributed by atoms with van der Waals surface area (Å²) in [6.07, 6.45) is 1.64. The Morgan fingerprint density at radius 2 is 2.05 bits per heavy atom. The van der Waals surface area contributed by atoms with Crippen LogP contribution in [-0.2, 0) is 0 Å². The van der Waals surface area contributed by atoms with Crippen LogP contribution in [0.15, 0.2) is 34.9 Å². The molecule has 0 spiro atoms. The predicted molar refractivity (Wildman–Crippen MR) is 77.0 cm³/mol. The van der Waals surface area contributed by atoms with Gasteiger partial charge in [-0.3, -0.25) is 5.10 Å². The van der Waals surface area contributed by atoms with E-state index in [9.17, 15) is 0 Å². The van der Waals surface area contributed by atoms with E-state index in [-0.39, 0.29) is 6.79 Å². The molecule has 0 fully saturated rings. The van der Waals surface area contributed by atoms with Gasteiger partial charge in [0.15, 0.2) is 17.3 Å². The molecule has 3 N–H and O–H groups in total. The number of aromatic amines is 1. The molecule has 6 nitrogen and oxygen atoms in total. The average Bonchev–Trinajstić information content (AvgIpc) is 3.17. The maximum atomic E-state index is 6.03. The first-order valence-corrected chi connectivity index (χ1v) is 6.52. The quantitative estimate of drug-likeness (QED) is 0.755. The van der Waals surface area contributed by atoms with Crippen molar-refractivity contribution >= 4 is 5.82 Å². The van der Waals surface area contributed by atoms with E-state index in [2.05, 4.69) is 10.2 Å². The summed E-state index contributed by atoms with van der Waals surface area (Å²) in [7, 11) is 0. The third kappa shape index (κ3) is 1.76. The van der Waals surface area contributed by atoms with E-state index < -0.39 is 0 Å². The second-order valence-electron chi connectivity index (χ2n) is 4.82. The Labute approximate surface area is 120 Å². The molecule has 6 heteroatoms. The first kappa shape index (κ1) is 11.9. The van der Waals surface area contributed by atoms with E-state index >= 15 is 0 Å². The number of hydrogen-bond acceptors (Lipinski definition) is 5. The summed E-state index contributed by atoms with van der Waals surface area (Å²) in [6, 6.07) is 7.60. The molecule has 1 aliphatic heterocycles. The number of ether oxygens (including phenoxy) is 2. The van der Waals surface area contributed by atoms with Gasteiger partial charge in [-0.15, -0.1) is 0 Å². The molecule has 106 valence electrons. The number of nitrogens with zero attached hydrogens (tertiary/aromatic N) is 1. The summed E-state index contributed by atoms with van der Waals surface area (Å²) < 4.78 is 16.1. The van der Waals surface area contributed by atoms with Crippen LogP contribution < -0.4 is 15.2 Å². The molecular weight excluding hydrogens is 270 g/mol. The van der Waals surface area contributed by atoms with Crippen LogP contribution in [0.25, 0.3) is 22.4 Å². The molecule has 0 radical (unpaired) electrons. The van der Waals surface area contributed by atoms with Crippen LogP contribution in [0.2, 0.25) is 0 Å². The van der Waals surface area contributed by atoms with Crippen molar-refractivity contribution < 1.29 is 13.9 Å². The Hall–Kier alpha value is -2.89. The second-order valence-corrected chi connectivity index (χ2v) is 4.82. The number of aromatic nitrogens is 2. The van der Waals surface area contributed by atoms with Gasteiger partial charge >= 0.3 is 0 Å². The van der Waals surface area contributed by atoms with E-state index in [0.29, 0.717) is 11.6 Å². The highest BCUT2D eigenvalue weighted by molar-refractivity contribution is 5.89. The van der Waals surface area contributed by atoms with Crippen molar-refractivity contribution in [2.24, 2.45) is 0 Å². The predicted octanol–water partition coefficient (Wildman–Crippen LogP) is 2.96. The Morgan fingerprint density at radius 1 is 1.19 bits per heavy atom. The van der Waals surface area contributed by atoms with Crippen molar-refractivity contribution in [2.45, 2.75) is 6.92 Å². The van der Waals surface area contributed by atoms with Crippen molar-refractivity contribution in [1.82, 2.24) is 10.2 Å². The number of anilines is 1. The highest BCUT2D eigenvalue weighted by Gasteiger charge is 2.20. The number of hydrogen-bond donors (Lipinski definition) is 2. The molecule has 0 amide bonds. The number of benzene rings is 1. The number of furan rings is 1. The van der Waals surface area contributed by atoms with Gasteiger partial charge in [-0.25, -0.2) is 0 Å². The largest absolute Gasteiger partial charge is 0.469 e. The van der Waals surface area contributed by atoms with E-state index in [1.165, 1.54) is 0 Å². The summed E-state index contributed by atoms with van der Waals surface area (Å²) in [5, 5.41) is 7.10. The van der Waals surface area contributed by atoms with Gasteiger partial charge in [-0.05, 0) is 30.7 Å². The number of fused-ring (bicyclic) bond motifs is 1. The topological polar surface area (TPSA) is 86.3 Å². The Balaban J connectivity index is 1.89. The van der Waals surface area contributed by atoms with Crippen LogP contribution >= 0.6 is 0 Å². The van der Waals surface area contributed by atoms with Crippen LogP contribution in [0.4, 0.5) is 5.82 Å². The van der Waals surface area contributed by atoms with Gasteiger partial charge in [0.05, 0.1) is 17.5 Å². The molecule has 0 aliphatic carbocycles. The Kier molecular flexibility index (Phi) is 2.44. The molecule has 3 aromatic rings. The minimum atomic E-state index is 0.243. The molecule has 0 unspecified atom stereocenters. The lowest BCUT2D eigenvalue weighted by Crippen LogP contribution is -1.93. The number of rotatable bonds is 2. The van der Waals surface area contributed by atoms with E-state index in [4.69, 9.17) is 19.6 Å². The fourth-order valence-electron chi connectivity index (χ4n) is 2.54. The number of nitrogens with two attached hydrogens (primary N) is 1. The molecule has 0 bridgehead atoms. The zero-order valence-corrected chi connectivity index (χ0v) is 11.3. The standard InChI is InChI=1S/C15H13N3O3/c1-8-10(4-5-19-8)14-13(15(16)18-17-14)9-2-3-11-12(6-9)21-7-20-11/h2-6H,7H2,1H3,(H3,16,17,18). The SMILES string of the molecule is Cc1occc1-c1[nH]nc(N)c1-c1ccc2c(c1)OCO2. The van der Waals surface area contributed by atoms with Crippen molar-refractivity contribution in [3.05, 3.63) is 36.3 Å². The summed E-state index contributed by atoms with van der Waals surface area (Å²) in [5.74, 6) is 2.69.